The molecule has 2 aromatic heterocycles. The lowest BCUT2D eigenvalue weighted by atomic mass is 10.2. The summed E-state index contributed by atoms with van der Waals surface area (Å²) in [6.45, 7) is 4.17. The van der Waals surface area contributed by atoms with E-state index >= 15 is 0 Å². The third-order valence-electron chi connectivity index (χ3n) is 3.67. The second-order valence-corrected chi connectivity index (χ2v) is 6.15. The highest BCUT2D eigenvalue weighted by Crippen LogP contribution is 2.31. The Hall–Kier alpha value is -2.60. The largest absolute Gasteiger partial charge is 0.505 e. The number of hydrogen-bond acceptors (Lipinski definition) is 4. The predicted molar refractivity (Wildman–Crippen MR) is 92.6 cm³/mol. The molecule has 0 aliphatic heterocycles. The maximum absolute atomic E-state index is 12.6. The van der Waals surface area contributed by atoms with Gasteiger partial charge in [-0.05, 0) is 43.0 Å². The summed E-state index contributed by atoms with van der Waals surface area (Å²) in [5, 5.41) is 14.8. The van der Waals surface area contributed by atoms with Gasteiger partial charge in [-0.2, -0.15) is 0 Å². The van der Waals surface area contributed by atoms with Gasteiger partial charge in [-0.1, -0.05) is 12.1 Å². The molecule has 1 aromatic carbocycles. The highest BCUT2D eigenvalue weighted by atomic mass is 32.1. The Balaban J connectivity index is 2.12. The summed E-state index contributed by atoms with van der Waals surface area (Å²) in [6.07, 6.45) is 0. The van der Waals surface area contributed by atoms with Crippen LogP contribution in [0.4, 0.5) is 5.69 Å². The molecule has 0 unspecified atom stereocenters. The van der Waals surface area contributed by atoms with E-state index in [1.54, 1.807) is 23.6 Å². The lowest BCUT2D eigenvalue weighted by Crippen LogP contribution is -2.29. The van der Waals surface area contributed by atoms with Crippen LogP contribution in [0.3, 0.4) is 0 Å². The Kier molecular flexibility index (Phi) is 3.92. The molecule has 0 saturated carbocycles. The molecule has 6 heteroatoms. The first-order valence-corrected chi connectivity index (χ1v) is 8.12. The third kappa shape index (κ3) is 2.61. The Labute approximate surface area is 136 Å². The van der Waals surface area contributed by atoms with Gasteiger partial charge in [-0.15, -0.1) is 11.3 Å². The summed E-state index contributed by atoms with van der Waals surface area (Å²) in [5.74, 6) is -0.856. The Bertz CT molecular complexity index is 956. The van der Waals surface area contributed by atoms with E-state index in [0.717, 1.165) is 5.56 Å². The molecular formula is C17H16N2O3S. The van der Waals surface area contributed by atoms with Crippen molar-refractivity contribution >= 4 is 33.1 Å². The van der Waals surface area contributed by atoms with E-state index in [1.807, 2.05) is 26.0 Å². The number of aromatic hydroxyl groups is 1. The van der Waals surface area contributed by atoms with E-state index in [0.29, 0.717) is 22.4 Å². The molecular weight excluding hydrogens is 312 g/mol. The summed E-state index contributed by atoms with van der Waals surface area (Å²) >= 11 is 1.30. The molecule has 0 aliphatic rings. The molecule has 0 atom stereocenters. The molecule has 0 bridgehead atoms. The number of rotatable bonds is 3. The number of pyridine rings is 1. The van der Waals surface area contributed by atoms with Crippen LogP contribution >= 0.6 is 11.3 Å². The van der Waals surface area contributed by atoms with Crippen LogP contribution in [-0.2, 0) is 6.54 Å². The van der Waals surface area contributed by atoms with Crippen LogP contribution in [0.1, 0.15) is 22.8 Å². The van der Waals surface area contributed by atoms with Gasteiger partial charge in [0.15, 0.2) is 5.75 Å². The van der Waals surface area contributed by atoms with Crippen LogP contribution in [-0.4, -0.2) is 15.6 Å². The zero-order valence-electron chi connectivity index (χ0n) is 12.8. The van der Waals surface area contributed by atoms with E-state index in [9.17, 15) is 14.7 Å². The zero-order valence-corrected chi connectivity index (χ0v) is 13.6. The number of nitrogens with zero attached hydrogens (tertiary/aromatic N) is 1. The maximum atomic E-state index is 12.6. The van der Waals surface area contributed by atoms with Gasteiger partial charge in [-0.3, -0.25) is 9.59 Å². The monoisotopic (exact) mass is 328 g/mol. The molecule has 2 N–H and O–H groups in total. The van der Waals surface area contributed by atoms with E-state index in [-0.39, 0.29) is 11.3 Å². The number of aromatic nitrogens is 1. The molecule has 2 heterocycles. The number of aryl methyl sites for hydroxylation is 2. The fourth-order valence-electron chi connectivity index (χ4n) is 2.59. The summed E-state index contributed by atoms with van der Waals surface area (Å²) in [5.41, 5.74) is 1.52. The number of thiophene rings is 1. The highest BCUT2D eigenvalue weighted by Gasteiger charge is 2.22. The van der Waals surface area contributed by atoms with Crippen molar-refractivity contribution in [1.29, 1.82) is 0 Å². The van der Waals surface area contributed by atoms with Crippen LogP contribution in [0.25, 0.3) is 10.2 Å². The standard InChI is InChI=1S/C17H16N2O3S/c1-3-19-12-7-8-23-15(12)14(20)13(17(19)22)16(21)18-11-6-4-5-10(2)9-11/h4-9,20H,3H2,1-2H3,(H,18,21). The SMILES string of the molecule is CCn1c(=O)c(C(=O)Nc2cccc(C)c2)c(O)c2sccc21. The van der Waals surface area contributed by atoms with Crippen molar-refractivity contribution in [3.8, 4) is 5.75 Å². The van der Waals surface area contributed by atoms with Crippen molar-refractivity contribution in [2.75, 3.05) is 5.32 Å². The molecule has 118 valence electrons. The second kappa shape index (κ2) is 5.89. The molecule has 3 rings (SSSR count). The normalized spacial score (nSPS) is 10.9. The van der Waals surface area contributed by atoms with Crippen molar-refractivity contribution in [3.05, 3.63) is 57.2 Å². The first kappa shape index (κ1) is 15.3. The van der Waals surface area contributed by atoms with Gasteiger partial charge in [0.25, 0.3) is 11.5 Å². The van der Waals surface area contributed by atoms with Gasteiger partial charge < -0.3 is 15.0 Å². The number of amides is 1. The van der Waals surface area contributed by atoms with E-state index < -0.39 is 11.5 Å². The number of hydrogen-bond donors (Lipinski definition) is 2. The lowest BCUT2D eigenvalue weighted by Gasteiger charge is -2.11. The molecule has 0 spiro atoms. The zero-order chi connectivity index (χ0) is 16.6. The number of anilines is 1. The Morgan fingerprint density at radius 1 is 1.35 bits per heavy atom. The molecule has 23 heavy (non-hydrogen) atoms. The minimum absolute atomic E-state index is 0.219. The van der Waals surface area contributed by atoms with Crippen molar-refractivity contribution in [1.82, 2.24) is 4.57 Å². The number of benzene rings is 1. The second-order valence-electron chi connectivity index (χ2n) is 5.23. The number of carbonyl (C=O) groups is 1. The van der Waals surface area contributed by atoms with Gasteiger partial charge in [0.1, 0.15) is 5.56 Å². The van der Waals surface area contributed by atoms with Crippen molar-refractivity contribution in [2.24, 2.45) is 0 Å². The average Bonchev–Trinajstić information content (AvgIpc) is 2.97. The molecule has 0 fully saturated rings. The van der Waals surface area contributed by atoms with Crippen molar-refractivity contribution in [3.63, 3.8) is 0 Å². The third-order valence-corrected chi connectivity index (χ3v) is 4.58. The van der Waals surface area contributed by atoms with Gasteiger partial charge in [0.05, 0.1) is 10.2 Å². The summed E-state index contributed by atoms with van der Waals surface area (Å²) in [6, 6.07) is 9.04. The van der Waals surface area contributed by atoms with Gasteiger partial charge in [-0.25, -0.2) is 0 Å². The predicted octanol–water partition coefficient (Wildman–Crippen LogP) is 3.35. The maximum Gasteiger partial charge on any atom is 0.267 e. The van der Waals surface area contributed by atoms with Crippen LogP contribution in [0.2, 0.25) is 0 Å². The molecule has 0 saturated heterocycles. The van der Waals surface area contributed by atoms with E-state index in [2.05, 4.69) is 5.32 Å². The van der Waals surface area contributed by atoms with Crippen LogP contribution in [0, 0.1) is 6.92 Å². The Morgan fingerprint density at radius 3 is 2.83 bits per heavy atom. The minimum atomic E-state index is -0.601. The van der Waals surface area contributed by atoms with Crippen LogP contribution in [0.5, 0.6) is 5.75 Å². The smallest absolute Gasteiger partial charge is 0.267 e. The first-order chi connectivity index (χ1) is 11.0. The molecule has 0 aliphatic carbocycles. The quantitative estimate of drug-likeness (QED) is 0.774. The topological polar surface area (TPSA) is 71.3 Å². The van der Waals surface area contributed by atoms with Gasteiger partial charge in [0.2, 0.25) is 0 Å². The molecule has 0 radical (unpaired) electrons. The lowest BCUT2D eigenvalue weighted by molar-refractivity contribution is 0.102. The first-order valence-electron chi connectivity index (χ1n) is 7.24. The molecule has 1 amide bonds. The number of carbonyl (C=O) groups excluding carboxylic acids is 1. The fourth-order valence-corrected chi connectivity index (χ4v) is 3.43. The van der Waals surface area contributed by atoms with Gasteiger partial charge in [0, 0.05) is 12.2 Å². The summed E-state index contributed by atoms with van der Waals surface area (Å²) in [4.78, 5) is 25.1. The van der Waals surface area contributed by atoms with Crippen LogP contribution in [0.15, 0.2) is 40.5 Å². The molecule has 3 aromatic rings. The summed E-state index contributed by atoms with van der Waals surface area (Å²) in [7, 11) is 0. The number of fused-ring (bicyclic) bond motifs is 1. The van der Waals surface area contributed by atoms with Crippen molar-refractivity contribution < 1.29 is 9.90 Å². The van der Waals surface area contributed by atoms with E-state index in [4.69, 9.17) is 0 Å². The summed E-state index contributed by atoms with van der Waals surface area (Å²) < 4.78 is 2.04. The van der Waals surface area contributed by atoms with Crippen molar-refractivity contribution in [2.45, 2.75) is 20.4 Å². The number of nitrogens with one attached hydrogen (secondary N) is 1. The Morgan fingerprint density at radius 2 is 2.13 bits per heavy atom. The molecule has 5 nitrogen and oxygen atoms in total. The van der Waals surface area contributed by atoms with Crippen LogP contribution < -0.4 is 10.9 Å². The average molecular weight is 328 g/mol. The van der Waals surface area contributed by atoms with Gasteiger partial charge >= 0.3 is 0 Å². The fraction of sp³-hybridized carbons (Fsp3) is 0.176. The minimum Gasteiger partial charge on any atom is -0.505 e. The highest BCUT2D eigenvalue weighted by molar-refractivity contribution is 7.17. The van der Waals surface area contributed by atoms with E-state index in [1.165, 1.54) is 15.9 Å².